The lowest BCUT2D eigenvalue weighted by Crippen LogP contribution is -2.64. The molecule has 5 rings (SSSR count). The lowest BCUT2D eigenvalue weighted by atomic mass is 9.73. The van der Waals surface area contributed by atoms with Gasteiger partial charge in [0.15, 0.2) is 5.72 Å². The van der Waals surface area contributed by atoms with E-state index < -0.39 is 17.6 Å². The number of nitrogens with zero attached hydrogens (tertiary/aromatic N) is 1. The van der Waals surface area contributed by atoms with Gasteiger partial charge in [0.25, 0.3) is 0 Å². The van der Waals surface area contributed by atoms with Crippen molar-refractivity contribution in [2.75, 3.05) is 6.54 Å². The van der Waals surface area contributed by atoms with E-state index >= 15 is 0 Å². The first kappa shape index (κ1) is 18.5. The average Bonchev–Trinajstić information content (AvgIpc) is 3.09. The number of nitrogens with one attached hydrogen (secondary N) is 1. The van der Waals surface area contributed by atoms with Crippen molar-refractivity contribution in [1.82, 2.24) is 9.88 Å². The number of aromatic amines is 1. The molecular formula is C23H23N3O4. The van der Waals surface area contributed by atoms with Gasteiger partial charge >= 0.3 is 0 Å². The number of para-hydroxylation sites is 1. The molecule has 4 N–H and O–H groups in total. The highest BCUT2D eigenvalue weighted by Crippen LogP contribution is 2.50. The van der Waals surface area contributed by atoms with Crippen LogP contribution in [0.3, 0.4) is 0 Å². The number of amides is 2. The van der Waals surface area contributed by atoms with Gasteiger partial charge in [-0.15, -0.1) is 0 Å². The van der Waals surface area contributed by atoms with Crippen LogP contribution in [0.2, 0.25) is 0 Å². The van der Waals surface area contributed by atoms with Crippen LogP contribution >= 0.6 is 0 Å². The van der Waals surface area contributed by atoms with E-state index in [-0.39, 0.29) is 17.6 Å². The molecule has 3 unspecified atom stereocenters. The number of phenolic OH excluding ortho intramolecular Hbond substituents is 1. The van der Waals surface area contributed by atoms with Crippen LogP contribution in [-0.2, 0) is 16.0 Å². The number of aromatic nitrogens is 1. The van der Waals surface area contributed by atoms with Crippen LogP contribution in [0, 0.1) is 5.92 Å². The monoisotopic (exact) mass is 405 g/mol. The zero-order valence-electron chi connectivity index (χ0n) is 16.6. The molecule has 1 aromatic heterocycles. The van der Waals surface area contributed by atoms with Crippen molar-refractivity contribution in [2.24, 2.45) is 11.7 Å². The number of aromatic hydroxyl groups is 1. The second-order valence-electron chi connectivity index (χ2n) is 8.29. The normalized spacial score (nSPS) is 25.1. The molecule has 2 amide bonds. The molecule has 2 bridgehead atoms. The highest BCUT2D eigenvalue weighted by Gasteiger charge is 2.55. The van der Waals surface area contributed by atoms with Gasteiger partial charge in [0, 0.05) is 36.0 Å². The first-order valence-electron chi connectivity index (χ1n) is 10.0. The van der Waals surface area contributed by atoms with E-state index in [0.29, 0.717) is 25.1 Å². The first-order valence-corrected chi connectivity index (χ1v) is 10.0. The quantitative estimate of drug-likeness (QED) is 0.580. The number of carbonyl (C=O) groups is 2. The highest BCUT2D eigenvalue weighted by molar-refractivity contribution is 6.02. The number of primary amides is 1. The minimum atomic E-state index is -0.907. The van der Waals surface area contributed by atoms with E-state index in [4.69, 9.17) is 10.5 Å². The number of H-pyrrole nitrogens is 1. The van der Waals surface area contributed by atoms with Gasteiger partial charge in [-0.1, -0.05) is 18.2 Å². The van der Waals surface area contributed by atoms with E-state index in [1.54, 1.807) is 17.0 Å². The lowest BCUT2D eigenvalue weighted by molar-refractivity contribution is -0.175. The van der Waals surface area contributed by atoms with Crippen LogP contribution in [-0.4, -0.2) is 39.1 Å². The Morgan fingerprint density at radius 1 is 1.33 bits per heavy atom. The first-order chi connectivity index (χ1) is 14.4. The molecule has 7 nitrogen and oxygen atoms in total. The lowest BCUT2D eigenvalue weighted by Gasteiger charge is -2.52. The Balaban J connectivity index is 1.49. The number of likely N-dealkylation sites (tertiary alicyclic amines) is 1. The molecule has 0 saturated carbocycles. The van der Waals surface area contributed by atoms with Crippen molar-refractivity contribution in [3.8, 4) is 11.5 Å². The van der Waals surface area contributed by atoms with Gasteiger partial charge in [-0.2, -0.15) is 0 Å². The molecule has 2 aliphatic rings. The van der Waals surface area contributed by atoms with E-state index in [1.165, 1.54) is 0 Å². The third-order valence-corrected chi connectivity index (χ3v) is 6.41. The summed E-state index contributed by atoms with van der Waals surface area (Å²) in [7, 11) is 0. The number of ether oxygens (including phenoxy) is 1. The summed E-state index contributed by atoms with van der Waals surface area (Å²) in [5.74, 6) is -1.21. The third-order valence-electron chi connectivity index (χ3n) is 6.41. The summed E-state index contributed by atoms with van der Waals surface area (Å²) in [4.78, 5) is 30.5. The van der Waals surface area contributed by atoms with Gasteiger partial charge in [-0.05, 0) is 48.7 Å². The zero-order valence-corrected chi connectivity index (χ0v) is 16.6. The van der Waals surface area contributed by atoms with Crippen molar-refractivity contribution in [1.29, 1.82) is 0 Å². The summed E-state index contributed by atoms with van der Waals surface area (Å²) in [6.45, 7) is 2.27. The maximum Gasteiger partial charge on any atom is 0.238 e. The van der Waals surface area contributed by atoms with Gasteiger partial charge in [0.2, 0.25) is 11.8 Å². The second-order valence-corrected chi connectivity index (χ2v) is 8.29. The molecule has 7 heteroatoms. The maximum absolute atomic E-state index is 13.4. The molecule has 1 saturated heterocycles. The van der Waals surface area contributed by atoms with Crippen molar-refractivity contribution < 1.29 is 19.4 Å². The molecule has 3 aromatic rings. The van der Waals surface area contributed by atoms with Gasteiger partial charge < -0.3 is 25.5 Å². The predicted octanol–water partition coefficient (Wildman–Crippen LogP) is 2.64. The zero-order chi connectivity index (χ0) is 21.0. The van der Waals surface area contributed by atoms with Crippen molar-refractivity contribution >= 4 is 22.7 Å². The highest BCUT2D eigenvalue weighted by atomic mass is 16.5. The Hall–Kier alpha value is -3.48. The topological polar surface area (TPSA) is 109 Å². The van der Waals surface area contributed by atoms with Crippen molar-refractivity contribution in [2.45, 2.75) is 31.4 Å². The number of nitrogens with two attached hydrogens (primary N) is 1. The van der Waals surface area contributed by atoms with Crippen LogP contribution in [0.15, 0.2) is 48.7 Å². The minimum Gasteiger partial charge on any atom is -0.508 e. The summed E-state index contributed by atoms with van der Waals surface area (Å²) in [5, 5.41) is 10.7. The third kappa shape index (κ3) is 2.73. The summed E-state index contributed by atoms with van der Waals surface area (Å²) in [6.07, 6.45) is 2.94. The number of phenols is 1. The maximum atomic E-state index is 13.4. The van der Waals surface area contributed by atoms with Crippen LogP contribution in [0.5, 0.6) is 11.5 Å². The number of hydrogen-bond acceptors (Lipinski definition) is 4. The Kier molecular flexibility index (Phi) is 4.03. The fraction of sp³-hybridized carbons (Fsp3) is 0.304. The fourth-order valence-corrected chi connectivity index (χ4v) is 4.98. The molecule has 3 atom stereocenters. The summed E-state index contributed by atoms with van der Waals surface area (Å²) >= 11 is 0. The molecule has 2 aliphatic heterocycles. The van der Waals surface area contributed by atoms with E-state index in [0.717, 1.165) is 22.0 Å². The largest absolute Gasteiger partial charge is 0.508 e. The molecular weight excluding hydrogens is 382 g/mol. The molecule has 2 aromatic carbocycles. The Morgan fingerprint density at radius 3 is 2.93 bits per heavy atom. The van der Waals surface area contributed by atoms with Crippen LogP contribution in [0.1, 0.15) is 30.4 Å². The number of hydrogen-bond donors (Lipinski definition) is 3. The SMILES string of the molecule is CC12CC(c3ccccc3O1)C(C(N)=O)C(=O)N2CCc1c[nH]c2ccc(O)cc12. The van der Waals surface area contributed by atoms with Gasteiger partial charge in [-0.25, -0.2) is 0 Å². The van der Waals surface area contributed by atoms with Crippen LogP contribution in [0.4, 0.5) is 0 Å². The molecule has 3 heterocycles. The van der Waals surface area contributed by atoms with Crippen molar-refractivity contribution in [3.63, 3.8) is 0 Å². The number of fused-ring (bicyclic) bond motifs is 5. The van der Waals surface area contributed by atoms with Crippen molar-refractivity contribution in [3.05, 3.63) is 59.8 Å². The van der Waals surface area contributed by atoms with Gasteiger partial charge in [-0.3, -0.25) is 9.59 Å². The minimum absolute atomic E-state index is 0.188. The number of benzene rings is 2. The predicted molar refractivity (Wildman–Crippen MR) is 111 cm³/mol. The summed E-state index contributed by atoms with van der Waals surface area (Å²) in [5.41, 5.74) is 7.58. The smallest absolute Gasteiger partial charge is 0.238 e. The standard InChI is InChI=1S/C23H23N3O4/c1-23-11-17(15-4-2-3-5-19(15)30-23)20(21(24)28)22(29)26(23)9-8-13-12-25-18-7-6-14(27)10-16(13)18/h2-7,10,12,17,20,25,27H,8-9,11H2,1H3,(H2,24,28). The Labute approximate surface area is 173 Å². The van der Waals surface area contributed by atoms with Crippen LogP contribution < -0.4 is 10.5 Å². The molecule has 154 valence electrons. The number of carbonyl (C=O) groups excluding carboxylic acids is 2. The van der Waals surface area contributed by atoms with Crippen LogP contribution in [0.25, 0.3) is 10.9 Å². The Morgan fingerprint density at radius 2 is 2.13 bits per heavy atom. The van der Waals surface area contributed by atoms with Gasteiger partial charge in [0.1, 0.15) is 17.4 Å². The molecule has 0 spiro atoms. The number of rotatable bonds is 4. The summed E-state index contributed by atoms with van der Waals surface area (Å²) < 4.78 is 6.28. The molecule has 0 radical (unpaired) electrons. The molecule has 0 aliphatic carbocycles. The number of piperidine rings is 1. The Bertz CT molecular complexity index is 1170. The van der Waals surface area contributed by atoms with Gasteiger partial charge in [0.05, 0.1) is 0 Å². The molecule has 1 fully saturated rings. The fourth-order valence-electron chi connectivity index (χ4n) is 4.98. The van der Waals surface area contributed by atoms with E-state index in [1.807, 2.05) is 43.5 Å². The average molecular weight is 405 g/mol. The second kappa shape index (κ2) is 6.52. The summed E-state index contributed by atoms with van der Waals surface area (Å²) in [6, 6.07) is 12.7. The van der Waals surface area contributed by atoms with E-state index in [2.05, 4.69) is 4.98 Å². The molecule has 30 heavy (non-hydrogen) atoms. The van der Waals surface area contributed by atoms with E-state index in [9.17, 15) is 14.7 Å².